The molecule has 0 radical (unpaired) electrons. The summed E-state index contributed by atoms with van der Waals surface area (Å²) < 4.78 is 5.41. The predicted octanol–water partition coefficient (Wildman–Crippen LogP) is 3.86. The minimum absolute atomic E-state index is 0.822. The largest absolute Gasteiger partial charge is 0.496 e. The van der Waals surface area contributed by atoms with Crippen molar-refractivity contribution < 1.29 is 4.74 Å². The molecule has 1 N–H and O–H groups in total. The fourth-order valence-electron chi connectivity index (χ4n) is 2.45. The molecular weight excluding hydrogens is 246 g/mol. The molecule has 0 heterocycles. The number of hydrogen-bond donors (Lipinski definition) is 1. The second-order valence-electron chi connectivity index (χ2n) is 5.04. The SMILES string of the molecule is CCc1ccccc1CNCc1cc(C)ccc1OC. The Hall–Kier alpha value is -1.80. The number of nitrogens with one attached hydrogen (secondary N) is 1. The lowest BCUT2D eigenvalue weighted by Gasteiger charge is -2.12. The molecular formula is C18H23NO. The Morgan fingerprint density at radius 1 is 0.950 bits per heavy atom. The topological polar surface area (TPSA) is 21.3 Å². The van der Waals surface area contributed by atoms with Gasteiger partial charge in [-0.25, -0.2) is 0 Å². The maximum atomic E-state index is 5.41. The van der Waals surface area contributed by atoms with Gasteiger partial charge in [0.05, 0.1) is 7.11 Å². The smallest absolute Gasteiger partial charge is 0.123 e. The van der Waals surface area contributed by atoms with Gasteiger partial charge >= 0.3 is 0 Å². The van der Waals surface area contributed by atoms with Crippen LogP contribution in [0.1, 0.15) is 29.2 Å². The van der Waals surface area contributed by atoms with Gasteiger partial charge in [-0.15, -0.1) is 0 Å². The van der Waals surface area contributed by atoms with Crippen LogP contribution in [0.25, 0.3) is 0 Å². The molecule has 20 heavy (non-hydrogen) atoms. The molecule has 0 aliphatic carbocycles. The Morgan fingerprint density at radius 3 is 2.35 bits per heavy atom. The van der Waals surface area contributed by atoms with E-state index in [1.165, 1.54) is 22.3 Å². The number of benzene rings is 2. The van der Waals surface area contributed by atoms with Crippen LogP contribution in [0.5, 0.6) is 5.75 Å². The molecule has 0 saturated carbocycles. The van der Waals surface area contributed by atoms with Crippen molar-refractivity contribution in [2.45, 2.75) is 33.4 Å². The highest BCUT2D eigenvalue weighted by Gasteiger charge is 2.04. The van der Waals surface area contributed by atoms with Crippen molar-refractivity contribution in [1.82, 2.24) is 5.32 Å². The molecule has 106 valence electrons. The molecule has 2 aromatic rings. The normalized spacial score (nSPS) is 10.6. The van der Waals surface area contributed by atoms with E-state index in [9.17, 15) is 0 Å². The van der Waals surface area contributed by atoms with Crippen molar-refractivity contribution >= 4 is 0 Å². The van der Waals surface area contributed by atoms with Gasteiger partial charge in [-0.1, -0.05) is 48.9 Å². The van der Waals surface area contributed by atoms with Gasteiger partial charge in [0.15, 0.2) is 0 Å². The Morgan fingerprint density at radius 2 is 1.65 bits per heavy atom. The Balaban J connectivity index is 2.01. The molecule has 0 saturated heterocycles. The Bertz CT molecular complexity index is 563. The molecule has 2 heteroatoms. The Labute approximate surface area is 121 Å². The summed E-state index contributed by atoms with van der Waals surface area (Å²) in [5.74, 6) is 0.951. The predicted molar refractivity (Wildman–Crippen MR) is 84.1 cm³/mol. The van der Waals surface area contributed by atoms with E-state index in [0.29, 0.717) is 0 Å². The highest BCUT2D eigenvalue weighted by molar-refractivity contribution is 5.37. The van der Waals surface area contributed by atoms with Gasteiger partial charge in [-0.05, 0) is 30.5 Å². The third-order valence-electron chi connectivity index (χ3n) is 3.57. The summed E-state index contributed by atoms with van der Waals surface area (Å²) in [4.78, 5) is 0. The number of methoxy groups -OCH3 is 1. The lowest BCUT2D eigenvalue weighted by Crippen LogP contribution is -2.14. The van der Waals surface area contributed by atoms with Crippen LogP contribution in [0.4, 0.5) is 0 Å². The Kier molecular flexibility index (Phi) is 5.19. The third-order valence-corrected chi connectivity index (χ3v) is 3.57. The van der Waals surface area contributed by atoms with E-state index in [1.54, 1.807) is 7.11 Å². The maximum Gasteiger partial charge on any atom is 0.123 e. The van der Waals surface area contributed by atoms with Crippen LogP contribution in [-0.2, 0) is 19.5 Å². The van der Waals surface area contributed by atoms with E-state index in [4.69, 9.17) is 4.74 Å². The van der Waals surface area contributed by atoms with Crippen LogP contribution in [0.3, 0.4) is 0 Å². The summed E-state index contributed by atoms with van der Waals surface area (Å²) in [6, 6.07) is 14.9. The van der Waals surface area contributed by atoms with Crippen molar-refractivity contribution in [1.29, 1.82) is 0 Å². The molecule has 0 unspecified atom stereocenters. The van der Waals surface area contributed by atoms with Crippen molar-refractivity contribution in [3.05, 3.63) is 64.7 Å². The zero-order valence-corrected chi connectivity index (χ0v) is 12.6. The van der Waals surface area contributed by atoms with E-state index >= 15 is 0 Å². The molecule has 2 aromatic carbocycles. The highest BCUT2D eigenvalue weighted by atomic mass is 16.5. The zero-order chi connectivity index (χ0) is 14.4. The first-order valence-electron chi connectivity index (χ1n) is 7.15. The number of rotatable bonds is 6. The van der Waals surface area contributed by atoms with Gasteiger partial charge in [0.25, 0.3) is 0 Å². The van der Waals surface area contributed by atoms with Gasteiger partial charge in [-0.3, -0.25) is 0 Å². The zero-order valence-electron chi connectivity index (χ0n) is 12.6. The van der Waals surface area contributed by atoms with Gasteiger partial charge < -0.3 is 10.1 Å². The van der Waals surface area contributed by atoms with E-state index in [0.717, 1.165) is 25.3 Å². The van der Waals surface area contributed by atoms with E-state index in [1.807, 2.05) is 6.07 Å². The molecule has 0 bridgehead atoms. The molecule has 0 fully saturated rings. The van der Waals surface area contributed by atoms with Crippen molar-refractivity contribution in [3.8, 4) is 5.75 Å². The monoisotopic (exact) mass is 269 g/mol. The maximum absolute atomic E-state index is 5.41. The number of aryl methyl sites for hydroxylation is 2. The van der Waals surface area contributed by atoms with Crippen LogP contribution in [0, 0.1) is 6.92 Å². The van der Waals surface area contributed by atoms with Gasteiger partial charge in [0.2, 0.25) is 0 Å². The molecule has 0 amide bonds. The van der Waals surface area contributed by atoms with Gasteiger partial charge in [0, 0.05) is 18.7 Å². The van der Waals surface area contributed by atoms with E-state index in [2.05, 4.69) is 55.6 Å². The second kappa shape index (κ2) is 7.11. The first-order chi connectivity index (χ1) is 9.74. The first-order valence-corrected chi connectivity index (χ1v) is 7.15. The molecule has 0 spiro atoms. The number of ether oxygens (including phenoxy) is 1. The van der Waals surface area contributed by atoms with Crippen molar-refractivity contribution in [3.63, 3.8) is 0 Å². The lowest BCUT2D eigenvalue weighted by molar-refractivity contribution is 0.407. The summed E-state index contributed by atoms with van der Waals surface area (Å²) >= 11 is 0. The van der Waals surface area contributed by atoms with Crippen LogP contribution in [0.15, 0.2) is 42.5 Å². The average molecular weight is 269 g/mol. The van der Waals surface area contributed by atoms with Crippen LogP contribution < -0.4 is 10.1 Å². The van der Waals surface area contributed by atoms with Gasteiger partial charge in [0.1, 0.15) is 5.75 Å². The third kappa shape index (κ3) is 3.61. The van der Waals surface area contributed by atoms with Crippen LogP contribution in [-0.4, -0.2) is 7.11 Å². The molecule has 0 atom stereocenters. The van der Waals surface area contributed by atoms with E-state index in [-0.39, 0.29) is 0 Å². The fraction of sp³-hybridized carbons (Fsp3) is 0.333. The van der Waals surface area contributed by atoms with Crippen molar-refractivity contribution in [2.24, 2.45) is 0 Å². The second-order valence-corrected chi connectivity index (χ2v) is 5.04. The molecule has 0 aliphatic rings. The molecule has 2 nitrogen and oxygen atoms in total. The average Bonchev–Trinajstić information content (AvgIpc) is 2.48. The molecule has 0 aliphatic heterocycles. The summed E-state index contributed by atoms with van der Waals surface area (Å²) in [5, 5.41) is 3.51. The lowest BCUT2D eigenvalue weighted by atomic mass is 10.1. The first kappa shape index (κ1) is 14.6. The summed E-state index contributed by atoms with van der Waals surface area (Å²) in [6.45, 7) is 6.02. The van der Waals surface area contributed by atoms with Gasteiger partial charge in [-0.2, -0.15) is 0 Å². The summed E-state index contributed by atoms with van der Waals surface area (Å²) in [5.41, 5.74) is 5.26. The van der Waals surface area contributed by atoms with Crippen LogP contribution >= 0.6 is 0 Å². The summed E-state index contributed by atoms with van der Waals surface area (Å²) in [6.07, 6.45) is 1.08. The molecule has 2 rings (SSSR count). The number of hydrogen-bond acceptors (Lipinski definition) is 2. The summed E-state index contributed by atoms with van der Waals surface area (Å²) in [7, 11) is 1.72. The highest BCUT2D eigenvalue weighted by Crippen LogP contribution is 2.19. The molecule has 0 aromatic heterocycles. The van der Waals surface area contributed by atoms with Crippen LogP contribution in [0.2, 0.25) is 0 Å². The minimum atomic E-state index is 0.822. The standard InChI is InChI=1S/C18H23NO/c1-4-15-7-5-6-8-16(15)12-19-13-17-11-14(2)9-10-18(17)20-3/h5-11,19H,4,12-13H2,1-3H3. The minimum Gasteiger partial charge on any atom is -0.496 e. The van der Waals surface area contributed by atoms with E-state index < -0.39 is 0 Å². The van der Waals surface area contributed by atoms with Crippen molar-refractivity contribution in [2.75, 3.05) is 7.11 Å². The fourth-order valence-corrected chi connectivity index (χ4v) is 2.45. The quantitative estimate of drug-likeness (QED) is 0.860.